The maximum atomic E-state index is 13.4. The van der Waals surface area contributed by atoms with Gasteiger partial charge < -0.3 is 14.7 Å². The number of carbonyl (C=O) groups excluding carboxylic acids is 1. The van der Waals surface area contributed by atoms with Crippen molar-refractivity contribution in [3.8, 4) is 0 Å². The number of nitrogens with one attached hydrogen (secondary N) is 1. The van der Waals surface area contributed by atoms with E-state index in [9.17, 15) is 9.18 Å². The molecule has 0 atom stereocenters. The predicted molar refractivity (Wildman–Crippen MR) is 100 cm³/mol. The van der Waals surface area contributed by atoms with Crippen LogP contribution in [0.25, 0.3) is 0 Å². The first-order chi connectivity index (χ1) is 13.1. The quantitative estimate of drug-likeness (QED) is 0.759. The van der Waals surface area contributed by atoms with Gasteiger partial charge in [-0.25, -0.2) is 4.39 Å². The number of carbonyl (C=O) groups is 1. The number of aryl methyl sites for hydroxylation is 1. The highest BCUT2D eigenvalue weighted by atomic mass is 19.1. The van der Waals surface area contributed by atoms with Crippen LogP contribution in [-0.2, 0) is 24.2 Å². The highest BCUT2D eigenvalue weighted by molar-refractivity contribution is 5.79. The summed E-state index contributed by atoms with van der Waals surface area (Å²) in [5.41, 5.74) is 3.61. The van der Waals surface area contributed by atoms with E-state index in [1.165, 1.54) is 17.7 Å². The van der Waals surface area contributed by atoms with Gasteiger partial charge in [0.15, 0.2) is 5.82 Å². The van der Waals surface area contributed by atoms with Gasteiger partial charge in [-0.2, -0.15) is 0 Å². The molecule has 4 rings (SSSR count). The van der Waals surface area contributed by atoms with Crippen molar-refractivity contribution in [3.05, 3.63) is 76.8 Å². The third kappa shape index (κ3) is 3.84. The number of amides is 1. The summed E-state index contributed by atoms with van der Waals surface area (Å²) in [6.07, 6.45) is 0.986. The Labute approximate surface area is 156 Å². The van der Waals surface area contributed by atoms with Crippen molar-refractivity contribution >= 4 is 17.4 Å². The standard InChI is InChI=1S/C21H20FN3O2/c1-14-5-7-15(8-6-14)11-20(26)25-10-9-19-18(13-25)21(24-27-19)23-17-4-2-3-16(22)12-17/h2-8,12H,9-11,13H2,1H3,(H,23,24). The molecule has 0 saturated carbocycles. The number of fused-ring (bicyclic) bond motifs is 1. The molecule has 1 amide bonds. The van der Waals surface area contributed by atoms with Gasteiger partial charge in [0, 0.05) is 18.7 Å². The molecule has 0 radical (unpaired) electrons. The molecule has 6 heteroatoms. The molecule has 0 saturated heterocycles. The van der Waals surface area contributed by atoms with Crippen LogP contribution in [0.3, 0.4) is 0 Å². The van der Waals surface area contributed by atoms with Crippen molar-refractivity contribution in [2.75, 3.05) is 11.9 Å². The minimum absolute atomic E-state index is 0.0717. The van der Waals surface area contributed by atoms with Crippen LogP contribution < -0.4 is 5.32 Å². The average molecular weight is 365 g/mol. The predicted octanol–water partition coefficient (Wildman–Crippen LogP) is 3.99. The second-order valence-electron chi connectivity index (χ2n) is 6.80. The largest absolute Gasteiger partial charge is 0.359 e. The van der Waals surface area contributed by atoms with E-state index in [1.807, 2.05) is 36.1 Å². The molecule has 1 aliphatic heterocycles. The van der Waals surface area contributed by atoms with E-state index in [-0.39, 0.29) is 11.7 Å². The number of halogens is 1. The molecule has 0 unspecified atom stereocenters. The van der Waals surface area contributed by atoms with Gasteiger partial charge in [-0.15, -0.1) is 0 Å². The van der Waals surface area contributed by atoms with Gasteiger partial charge in [0.25, 0.3) is 0 Å². The fourth-order valence-corrected chi connectivity index (χ4v) is 3.22. The van der Waals surface area contributed by atoms with Crippen LogP contribution in [0, 0.1) is 12.7 Å². The number of rotatable bonds is 4. The molecule has 0 bridgehead atoms. The molecule has 1 N–H and O–H groups in total. The topological polar surface area (TPSA) is 58.4 Å². The van der Waals surface area contributed by atoms with Crippen LogP contribution in [0.5, 0.6) is 0 Å². The zero-order chi connectivity index (χ0) is 18.8. The second kappa shape index (κ2) is 7.23. The van der Waals surface area contributed by atoms with E-state index in [4.69, 9.17) is 4.52 Å². The second-order valence-corrected chi connectivity index (χ2v) is 6.80. The molecule has 5 nitrogen and oxygen atoms in total. The first-order valence-electron chi connectivity index (χ1n) is 8.92. The monoisotopic (exact) mass is 365 g/mol. The normalized spacial score (nSPS) is 13.3. The Kier molecular flexibility index (Phi) is 4.62. The van der Waals surface area contributed by atoms with Gasteiger partial charge in [-0.3, -0.25) is 4.79 Å². The lowest BCUT2D eigenvalue weighted by atomic mass is 10.1. The molecule has 0 spiro atoms. The summed E-state index contributed by atoms with van der Waals surface area (Å²) in [5.74, 6) is 1.05. The third-order valence-electron chi connectivity index (χ3n) is 4.74. The number of hydrogen-bond donors (Lipinski definition) is 1. The first kappa shape index (κ1) is 17.3. The average Bonchev–Trinajstić information content (AvgIpc) is 3.06. The Hall–Kier alpha value is -3.15. The molecule has 0 fully saturated rings. The van der Waals surface area contributed by atoms with Crippen molar-refractivity contribution in [1.29, 1.82) is 0 Å². The maximum absolute atomic E-state index is 13.4. The van der Waals surface area contributed by atoms with Gasteiger partial charge >= 0.3 is 0 Å². The zero-order valence-corrected chi connectivity index (χ0v) is 15.0. The van der Waals surface area contributed by atoms with E-state index in [1.54, 1.807) is 12.1 Å². The highest BCUT2D eigenvalue weighted by Crippen LogP contribution is 2.28. The summed E-state index contributed by atoms with van der Waals surface area (Å²) in [7, 11) is 0. The van der Waals surface area contributed by atoms with Crippen LogP contribution in [-0.4, -0.2) is 22.5 Å². The number of nitrogens with zero attached hydrogens (tertiary/aromatic N) is 2. The molecule has 0 aliphatic carbocycles. The first-order valence-corrected chi connectivity index (χ1v) is 8.92. The molecule has 1 aliphatic rings. The summed E-state index contributed by atoms with van der Waals surface area (Å²) in [4.78, 5) is 14.5. The summed E-state index contributed by atoms with van der Waals surface area (Å²) in [6.45, 7) is 3.06. The van der Waals surface area contributed by atoms with E-state index in [2.05, 4.69) is 10.5 Å². The highest BCUT2D eigenvalue weighted by Gasteiger charge is 2.27. The fourth-order valence-electron chi connectivity index (χ4n) is 3.22. The van der Waals surface area contributed by atoms with Crippen molar-refractivity contribution in [3.63, 3.8) is 0 Å². The molecule has 27 heavy (non-hydrogen) atoms. The Morgan fingerprint density at radius 1 is 1.26 bits per heavy atom. The van der Waals surface area contributed by atoms with E-state index >= 15 is 0 Å². The lowest BCUT2D eigenvalue weighted by Crippen LogP contribution is -2.36. The van der Waals surface area contributed by atoms with Crippen molar-refractivity contribution in [2.24, 2.45) is 0 Å². The van der Waals surface area contributed by atoms with Crippen LogP contribution in [0.1, 0.15) is 22.5 Å². The molecule has 138 valence electrons. The number of anilines is 2. The smallest absolute Gasteiger partial charge is 0.227 e. The number of hydrogen-bond acceptors (Lipinski definition) is 4. The summed E-state index contributed by atoms with van der Waals surface area (Å²) in [6, 6.07) is 14.2. The lowest BCUT2D eigenvalue weighted by Gasteiger charge is -2.26. The maximum Gasteiger partial charge on any atom is 0.227 e. The van der Waals surface area contributed by atoms with Gasteiger partial charge in [0.2, 0.25) is 5.91 Å². The Morgan fingerprint density at radius 2 is 2.07 bits per heavy atom. The van der Waals surface area contributed by atoms with Crippen LogP contribution in [0.2, 0.25) is 0 Å². The molecular weight excluding hydrogens is 345 g/mol. The van der Waals surface area contributed by atoms with E-state index in [0.29, 0.717) is 37.4 Å². The minimum atomic E-state index is -0.327. The summed E-state index contributed by atoms with van der Waals surface area (Å²) in [5, 5.41) is 7.15. The summed E-state index contributed by atoms with van der Waals surface area (Å²) < 4.78 is 18.8. The third-order valence-corrected chi connectivity index (χ3v) is 4.74. The van der Waals surface area contributed by atoms with Gasteiger partial charge in [-0.1, -0.05) is 41.1 Å². The van der Waals surface area contributed by atoms with Crippen LogP contribution >= 0.6 is 0 Å². The lowest BCUT2D eigenvalue weighted by molar-refractivity contribution is -0.131. The summed E-state index contributed by atoms with van der Waals surface area (Å²) >= 11 is 0. The van der Waals surface area contributed by atoms with E-state index < -0.39 is 0 Å². The van der Waals surface area contributed by atoms with Crippen LogP contribution in [0.4, 0.5) is 15.9 Å². The van der Waals surface area contributed by atoms with Crippen molar-refractivity contribution < 1.29 is 13.7 Å². The molecule has 2 heterocycles. The number of aromatic nitrogens is 1. The van der Waals surface area contributed by atoms with Crippen molar-refractivity contribution in [2.45, 2.75) is 26.3 Å². The molecule has 2 aromatic carbocycles. The minimum Gasteiger partial charge on any atom is -0.359 e. The van der Waals surface area contributed by atoms with Gasteiger partial charge in [0.05, 0.1) is 18.5 Å². The SMILES string of the molecule is Cc1ccc(CC(=O)N2CCc3onc(Nc4cccc(F)c4)c3C2)cc1. The number of benzene rings is 2. The van der Waals surface area contributed by atoms with Crippen molar-refractivity contribution in [1.82, 2.24) is 10.1 Å². The van der Waals surface area contributed by atoms with Crippen LogP contribution in [0.15, 0.2) is 53.1 Å². The van der Waals surface area contributed by atoms with Gasteiger partial charge in [0.1, 0.15) is 11.6 Å². The molecule has 1 aromatic heterocycles. The molecule has 3 aromatic rings. The Bertz CT molecular complexity index is 966. The Morgan fingerprint density at radius 3 is 2.85 bits per heavy atom. The van der Waals surface area contributed by atoms with Gasteiger partial charge in [-0.05, 0) is 30.7 Å². The van der Waals surface area contributed by atoms with E-state index in [0.717, 1.165) is 16.9 Å². The Balaban J connectivity index is 1.48. The zero-order valence-electron chi connectivity index (χ0n) is 15.0. The fraction of sp³-hybridized carbons (Fsp3) is 0.238. The molecular formula is C21H20FN3O2.